The van der Waals surface area contributed by atoms with Crippen LogP contribution in [-0.4, -0.2) is 30.6 Å². The Labute approximate surface area is 277 Å². The second kappa shape index (κ2) is 12.3. The predicted octanol–water partition coefficient (Wildman–Crippen LogP) is 9.92. The molecule has 6 nitrogen and oxygen atoms in total. The van der Waals surface area contributed by atoms with Crippen LogP contribution in [0.15, 0.2) is 146 Å². The SMILES string of the molecule is Oc1cccc(-c2c(-c3cccc(O)c3)c(-c3cccc(O)c3)c(-c3cccc(O)c3)c(-c3cccc(O)c3)c2-c2cccc(O)c2)c1. The molecule has 0 unspecified atom stereocenters. The summed E-state index contributed by atoms with van der Waals surface area (Å²) in [6, 6.07) is 41.1. The van der Waals surface area contributed by atoms with Crippen LogP contribution >= 0.6 is 0 Å². The summed E-state index contributed by atoms with van der Waals surface area (Å²) in [5.74, 6) is 0.200. The number of rotatable bonds is 6. The fourth-order valence-electron chi connectivity index (χ4n) is 6.45. The molecule has 0 saturated heterocycles. The van der Waals surface area contributed by atoms with Crippen molar-refractivity contribution in [3.8, 4) is 101 Å². The first-order valence-electron chi connectivity index (χ1n) is 15.3. The van der Waals surface area contributed by atoms with Crippen molar-refractivity contribution < 1.29 is 30.6 Å². The molecular weight excluding hydrogens is 600 g/mol. The number of hydrogen-bond donors (Lipinski definition) is 6. The van der Waals surface area contributed by atoms with Crippen LogP contribution in [0, 0.1) is 0 Å². The van der Waals surface area contributed by atoms with E-state index in [1.165, 1.54) is 0 Å². The normalized spacial score (nSPS) is 11.0. The minimum atomic E-state index is 0.0334. The maximum atomic E-state index is 10.8. The van der Waals surface area contributed by atoms with Crippen LogP contribution in [0.25, 0.3) is 66.8 Å². The number of benzene rings is 7. The van der Waals surface area contributed by atoms with Crippen LogP contribution in [0.1, 0.15) is 0 Å². The van der Waals surface area contributed by atoms with Gasteiger partial charge in [0.05, 0.1) is 0 Å². The molecule has 6 N–H and O–H groups in total. The van der Waals surface area contributed by atoms with Gasteiger partial charge in [0.1, 0.15) is 34.5 Å². The third-order valence-electron chi connectivity index (χ3n) is 8.31. The van der Waals surface area contributed by atoms with E-state index in [4.69, 9.17) is 0 Å². The van der Waals surface area contributed by atoms with Gasteiger partial charge in [0, 0.05) is 0 Å². The molecule has 7 rings (SSSR count). The van der Waals surface area contributed by atoms with Gasteiger partial charge in [-0.3, -0.25) is 0 Å². The van der Waals surface area contributed by atoms with Crippen molar-refractivity contribution >= 4 is 0 Å². The minimum absolute atomic E-state index is 0.0334. The summed E-state index contributed by atoms with van der Waals surface area (Å²) in [7, 11) is 0. The standard InChI is InChI=1S/C42H30O6/c43-31-13-1-7-25(19-31)37-38(26-8-2-14-32(44)20-26)40(28-10-4-16-34(46)22-28)42(30-12-6-18-36(48)24-30)41(29-11-5-17-35(47)23-29)39(37)27-9-3-15-33(45)21-27/h1-24,43-48H. The van der Waals surface area contributed by atoms with Gasteiger partial charge in [-0.2, -0.15) is 0 Å². The zero-order valence-electron chi connectivity index (χ0n) is 25.5. The average molecular weight is 631 g/mol. The fourth-order valence-corrected chi connectivity index (χ4v) is 6.45. The molecule has 0 bridgehead atoms. The molecule has 0 atom stereocenters. The number of hydrogen-bond acceptors (Lipinski definition) is 6. The van der Waals surface area contributed by atoms with Gasteiger partial charge in [-0.25, -0.2) is 0 Å². The lowest BCUT2D eigenvalue weighted by Crippen LogP contribution is -2.02. The summed E-state index contributed by atoms with van der Waals surface area (Å²) >= 11 is 0. The number of aromatic hydroxyl groups is 6. The zero-order valence-corrected chi connectivity index (χ0v) is 25.5. The van der Waals surface area contributed by atoms with Gasteiger partial charge in [0.25, 0.3) is 0 Å². The third-order valence-corrected chi connectivity index (χ3v) is 8.31. The molecule has 234 valence electrons. The Morgan fingerprint density at radius 2 is 0.354 bits per heavy atom. The van der Waals surface area contributed by atoms with Crippen LogP contribution in [-0.2, 0) is 0 Å². The van der Waals surface area contributed by atoms with E-state index in [1.54, 1.807) is 109 Å². The van der Waals surface area contributed by atoms with Crippen molar-refractivity contribution in [2.45, 2.75) is 0 Å². The first-order chi connectivity index (χ1) is 23.3. The van der Waals surface area contributed by atoms with Crippen molar-refractivity contribution in [1.29, 1.82) is 0 Å². The Bertz CT molecular complexity index is 1880. The number of phenols is 6. The molecule has 7 aromatic rings. The first kappa shape index (κ1) is 30.0. The Hall–Kier alpha value is -6.66. The lowest BCUT2D eigenvalue weighted by Gasteiger charge is -2.29. The highest BCUT2D eigenvalue weighted by atomic mass is 16.3. The van der Waals surface area contributed by atoms with Crippen LogP contribution in [0.2, 0.25) is 0 Å². The lowest BCUT2D eigenvalue weighted by atomic mass is 9.74. The maximum Gasteiger partial charge on any atom is 0.116 e. The van der Waals surface area contributed by atoms with E-state index < -0.39 is 0 Å². The van der Waals surface area contributed by atoms with E-state index >= 15 is 0 Å². The second-order valence-corrected chi connectivity index (χ2v) is 11.6. The van der Waals surface area contributed by atoms with Crippen molar-refractivity contribution in [2.75, 3.05) is 0 Å². The van der Waals surface area contributed by atoms with Gasteiger partial charge >= 0.3 is 0 Å². The highest BCUT2D eigenvalue weighted by Crippen LogP contribution is 2.57. The number of phenolic OH excluding ortho intramolecular Hbond substituents is 6. The van der Waals surface area contributed by atoms with Gasteiger partial charge < -0.3 is 30.6 Å². The van der Waals surface area contributed by atoms with Crippen molar-refractivity contribution in [2.24, 2.45) is 0 Å². The molecule has 0 spiro atoms. The van der Waals surface area contributed by atoms with Crippen LogP contribution in [0.4, 0.5) is 0 Å². The first-order valence-corrected chi connectivity index (χ1v) is 15.3. The van der Waals surface area contributed by atoms with Gasteiger partial charge in [-0.1, -0.05) is 72.8 Å². The molecule has 0 aromatic heterocycles. The maximum absolute atomic E-state index is 10.8. The highest BCUT2D eigenvalue weighted by molar-refractivity contribution is 6.15. The molecule has 0 radical (unpaired) electrons. The van der Waals surface area contributed by atoms with Crippen LogP contribution < -0.4 is 0 Å². The molecule has 0 saturated carbocycles. The van der Waals surface area contributed by atoms with Gasteiger partial charge in [0.15, 0.2) is 0 Å². The molecule has 48 heavy (non-hydrogen) atoms. The molecular formula is C42H30O6. The van der Waals surface area contributed by atoms with E-state index in [0.717, 1.165) is 0 Å². The summed E-state index contributed by atoms with van der Waals surface area (Å²) in [6.07, 6.45) is 0. The monoisotopic (exact) mass is 630 g/mol. The van der Waals surface area contributed by atoms with E-state index in [1.807, 2.05) is 36.4 Å². The Kier molecular flexibility index (Phi) is 7.67. The molecule has 6 heteroatoms. The lowest BCUT2D eigenvalue weighted by molar-refractivity contribution is 0.475. The largest absolute Gasteiger partial charge is 0.508 e. The third kappa shape index (κ3) is 5.63. The summed E-state index contributed by atoms with van der Waals surface area (Å²) in [5, 5.41) is 64.9. The van der Waals surface area contributed by atoms with Crippen LogP contribution in [0.5, 0.6) is 34.5 Å². The Morgan fingerprint density at radius 1 is 0.208 bits per heavy atom. The molecule has 0 aliphatic carbocycles. The summed E-state index contributed by atoms with van der Waals surface area (Å²) < 4.78 is 0. The Balaban J connectivity index is 1.86. The van der Waals surface area contributed by atoms with E-state index in [-0.39, 0.29) is 34.5 Å². The molecule has 0 heterocycles. The topological polar surface area (TPSA) is 121 Å². The van der Waals surface area contributed by atoms with Crippen molar-refractivity contribution in [3.05, 3.63) is 146 Å². The minimum Gasteiger partial charge on any atom is -0.508 e. The van der Waals surface area contributed by atoms with Gasteiger partial charge in [0.2, 0.25) is 0 Å². The second-order valence-electron chi connectivity index (χ2n) is 11.6. The molecule has 0 amide bonds. The molecule has 7 aromatic carbocycles. The molecule has 0 fully saturated rings. The Morgan fingerprint density at radius 3 is 0.479 bits per heavy atom. The van der Waals surface area contributed by atoms with E-state index in [9.17, 15) is 30.6 Å². The average Bonchev–Trinajstić information content (AvgIpc) is 3.07. The highest BCUT2D eigenvalue weighted by Gasteiger charge is 2.30. The zero-order chi connectivity index (χ0) is 33.4. The van der Waals surface area contributed by atoms with Gasteiger partial charge in [-0.15, -0.1) is 0 Å². The molecule has 0 aliphatic heterocycles. The summed E-state index contributed by atoms with van der Waals surface area (Å²) in [5.41, 5.74) is 7.75. The predicted molar refractivity (Wildman–Crippen MR) is 189 cm³/mol. The van der Waals surface area contributed by atoms with Crippen LogP contribution in [0.3, 0.4) is 0 Å². The van der Waals surface area contributed by atoms with Crippen molar-refractivity contribution in [3.63, 3.8) is 0 Å². The smallest absolute Gasteiger partial charge is 0.116 e. The fraction of sp³-hybridized carbons (Fsp3) is 0. The quantitative estimate of drug-likeness (QED) is 0.109. The summed E-state index contributed by atoms with van der Waals surface area (Å²) in [4.78, 5) is 0. The summed E-state index contributed by atoms with van der Waals surface area (Å²) in [6.45, 7) is 0. The van der Waals surface area contributed by atoms with E-state index in [2.05, 4.69) is 0 Å². The van der Waals surface area contributed by atoms with E-state index in [0.29, 0.717) is 66.8 Å². The van der Waals surface area contributed by atoms with Crippen molar-refractivity contribution in [1.82, 2.24) is 0 Å². The van der Waals surface area contributed by atoms with Gasteiger partial charge in [-0.05, 0) is 140 Å². The molecule has 0 aliphatic rings.